The molecule has 6 nitrogen and oxygen atoms in total. The first-order valence-electron chi connectivity index (χ1n) is 9.52. The Labute approximate surface area is 164 Å². The SMILES string of the molecule is COc1ccc(OC)c(N2C[C@@H](c3nc4ccccc4n3C(C)C)CC2=O)c1. The van der Waals surface area contributed by atoms with E-state index in [9.17, 15) is 4.79 Å². The topological polar surface area (TPSA) is 56.6 Å². The third kappa shape index (κ3) is 2.99. The summed E-state index contributed by atoms with van der Waals surface area (Å²) in [5, 5.41) is 0. The molecule has 0 N–H and O–H groups in total. The van der Waals surface area contributed by atoms with E-state index in [2.05, 4.69) is 24.5 Å². The number of carbonyl (C=O) groups is 1. The summed E-state index contributed by atoms with van der Waals surface area (Å²) in [7, 11) is 3.23. The van der Waals surface area contributed by atoms with E-state index in [0.29, 0.717) is 24.5 Å². The zero-order valence-electron chi connectivity index (χ0n) is 16.7. The Balaban J connectivity index is 1.74. The van der Waals surface area contributed by atoms with E-state index >= 15 is 0 Å². The van der Waals surface area contributed by atoms with Gasteiger partial charge in [-0.25, -0.2) is 4.98 Å². The number of rotatable bonds is 5. The van der Waals surface area contributed by atoms with Gasteiger partial charge >= 0.3 is 0 Å². The summed E-state index contributed by atoms with van der Waals surface area (Å²) in [6.45, 7) is 4.87. The molecule has 0 radical (unpaired) electrons. The van der Waals surface area contributed by atoms with Gasteiger partial charge < -0.3 is 18.9 Å². The van der Waals surface area contributed by atoms with E-state index < -0.39 is 0 Å². The standard InChI is InChI=1S/C22H25N3O3/c1-14(2)25-18-8-6-5-7-17(18)23-22(25)15-11-21(26)24(13-15)19-12-16(27-3)9-10-20(19)28-4/h5-10,12,14-15H,11,13H2,1-4H3/t15-/m0/s1. The predicted octanol–water partition coefficient (Wildman–Crippen LogP) is 4.15. The molecule has 0 unspecified atom stereocenters. The average molecular weight is 379 g/mol. The van der Waals surface area contributed by atoms with E-state index in [1.165, 1.54) is 0 Å². The van der Waals surface area contributed by atoms with E-state index in [0.717, 1.165) is 22.5 Å². The average Bonchev–Trinajstić information content (AvgIpc) is 3.28. The molecule has 0 bridgehead atoms. The summed E-state index contributed by atoms with van der Waals surface area (Å²) in [4.78, 5) is 19.6. The lowest BCUT2D eigenvalue weighted by atomic mass is 10.1. The Morgan fingerprint density at radius 1 is 1.11 bits per heavy atom. The van der Waals surface area contributed by atoms with Crippen molar-refractivity contribution < 1.29 is 14.3 Å². The second kappa shape index (κ2) is 7.19. The van der Waals surface area contributed by atoms with E-state index in [1.807, 2.05) is 36.4 Å². The lowest BCUT2D eigenvalue weighted by Gasteiger charge is -2.21. The maximum Gasteiger partial charge on any atom is 0.227 e. The summed E-state index contributed by atoms with van der Waals surface area (Å²) in [5.41, 5.74) is 2.81. The summed E-state index contributed by atoms with van der Waals surface area (Å²) in [6, 6.07) is 13.9. The summed E-state index contributed by atoms with van der Waals surface area (Å²) in [6.07, 6.45) is 0.427. The number of carbonyl (C=O) groups excluding carboxylic acids is 1. The van der Waals surface area contributed by atoms with E-state index in [-0.39, 0.29) is 17.9 Å². The van der Waals surface area contributed by atoms with Gasteiger partial charge in [0.2, 0.25) is 5.91 Å². The van der Waals surface area contributed by atoms with Gasteiger partial charge in [-0.05, 0) is 38.1 Å². The Kier molecular flexibility index (Phi) is 4.71. The van der Waals surface area contributed by atoms with Crippen molar-refractivity contribution in [3.8, 4) is 11.5 Å². The molecular weight excluding hydrogens is 354 g/mol. The van der Waals surface area contributed by atoms with Gasteiger partial charge in [0, 0.05) is 31.0 Å². The summed E-state index contributed by atoms with van der Waals surface area (Å²) < 4.78 is 13.1. The maximum absolute atomic E-state index is 12.9. The number of fused-ring (bicyclic) bond motifs is 1. The van der Waals surface area contributed by atoms with E-state index in [4.69, 9.17) is 14.5 Å². The van der Waals surface area contributed by atoms with Gasteiger partial charge in [0.1, 0.15) is 17.3 Å². The fourth-order valence-electron chi connectivity index (χ4n) is 4.01. The molecule has 6 heteroatoms. The third-order valence-corrected chi connectivity index (χ3v) is 5.31. The summed E-state index contributed by atoms with van der Waals surface area (Å²) >= 11 is 0. The number of hydrogen-bond donors (Lipinski definition) is 0. The van der Waals surface area contributed by atoms with Gasteiger partial charge in [0.15, 0.2) is 0 Å². The van der Waals surface area contributed by atoms with Crippen LogP contribution in [0.3, 0.4) is 0 Å². The number of para-hydroxylation sites is 2. The van der Waals surface area contributed by atoms with Gasteiger partial charge in [-0.15, -0.1) is 0 Å². The van der Waals surface area contributed by atoms with E-state index in [1.54, 1.807) is 19.1 Å². The highest BCUT2D eigenvalue weighted by atomic mass is 16.5. The van der Waals surface area contributed by atoms with Gasteiger partial charge in [0.25, 0.3) is 0 Å². The van der Waals surface area contributed by atoms with Gasteiger partial charge in [-0.1, -0.05) is 12.1 Å². The van der Waals surface area contributed by atoms with Crippen molar-refractivity contribution in [2.45, 2.75) is 32.2 Å². The Morgan fingerprint density at radius 3 is 2.61 bits per heavy atom. The first kappa shape index (κ1) is 18.3. The molecule has 2 heterocycles. The minimum atomic E-state index is 0.0261. The second-order valence-corrected chi connectivity index (χ2v) is 7.37. The van der Waals surface area contributed by atoms with Crippen molar-refractivity contribution in [3.63, 3.8) is 0 Å². The van der Waals surface area contributed by atoms with Crippen LogP contribution in [0.1, 0.15) is 38.1 Å². The number of nitrogens with zero attached hydrogens (tertiary/aromatic N) is 3. The van der Waals surface area contributed by atoms with Crippen molar-refractivity contribution >= 4 is 22.6 Å². The number of hydrogen-bond acceptors (Lipinski definition) is 4. The third-order valence-electron chi connectivity index (χ3n) is 5.31. The number of methoxy groups -OCH3 is 2. The second-order valence-electron chi connectivity index (χ2n) is 7.37. The Morgan fingerprint density at radius 2 is 1.89 bits per heavy atom. The molecule has 1 aliphatic rings. The van der Waals surface area contributed by atoms with Crippen LogP contribution < -0.4 is 14.4 Å². The summed E-state index contributed by atoms with van der Waals surface area (Å²) in [5.74, 6) is 2.42. The molecule has 1 fully saturated rings. The predicted molar refractivity (Wildman–Crippen MR) is 109 cm³/mol. The quantitative estimate of drug-likeness (QED) is 0.668. The molecule has 28 heavy (non-hydrogen) atoms. The monoisotopic (exact) mass is 379 g/mol. The van der Waals surface area contributed by atoms with Crippen LogP contribution in [0, 0.1) is 0 Å². The molecule has 2 aromatic carbocycles. The van der Waals surface area contributed by atoms with Crippen LogP contribution in [0.15, 0.2) is 42.5 Å². The Hall–Kier alpha value is -3.02. The number of aromatic nitrogens is 2. The number of ether oxygens (including phenoxy) is 2. The molecule has 3 aromatic rings. The Bertz CT molecular complexity index is 1030. The zero-order chi connectivity index (χ0) is 19.8. The van der Waals surface area contributed by atoms with Crippen molar-refractivity contribution in [1.82, 2.24) is 9.55 Å². The largest absolute Gasteiger partial charge is 0.497 e. The number of amides is 1. The van der Waals surface area contributed by atoms with Crippen molar-refractivity contribution in [2.75, 3.05) is 25.7 Å². The number of benzene rings is 2. The fraction of sp³-hybridized carbons (Fsp3) is 0.364. The highest BCUT2D eigenvalue weighted by Gasteiger charge is 2.36. The van der Waals surface area contributed by atoms with Crippen LogP contribution in [-0.4, -0.2) is 36.2 Å². The zero-order valence-corrected chi connectivity index (χ0v) is 16.7. The van der Waals surface area contributed by atoms with Crippen molar-refractivity contribution in [2.24, 2.45) is 0 Å². The van der Waals surface area contributed by atoms with Gasteiger partial charge in [0.05, 0.1) is 30.9 Å². The van der Waals surface area contributed by atoms with Crippen LogP contribution in [0.5, 0.6) is 11.5 Å². The number of anilines is 1. The van der Waals surface area contributed by atoms with Crippen molar-refractivity contribution in [1.29, 1.82) is 0 Å². The van der Waals surface area contributed by atoms with Gasteiger partial charge in [-0.3, -0.25) is 4.79 Å². The smallest absolute Gasteiger partial charge is 0.227 e. The molecule has 0 aliphatic carbocycles. The lowest BCUT2D eigenvalue weighted by Crippen LogP contribution is -2.25. The van der Waals surface area contributed by atoms with Crippen LogP contribution in [0.2, 0.25) is 0 Å². The maximum atomic E-state index is 12.9. The minimum Gasteiger partial charge on any atom is -0.497 e. The molecule has 4 rings (SSSR count). The lowest BCUT2D eigenvalue weighted by molar-refractivity contribution is -0.117. The number of imidazole rings is 1. The molecule has 1 aliphatic heterocycles. The molecule has 0 saturated carbocycles. The molecule has 146 valence electrons. The molecule has 0 spiro atoms. The van der Waals surface area contributed by atoms with Crippen LogP contribution in [0.4, 0.5) is 5.69 Å². The first-order valence-corrected chi connectivity index (χ1v) is 9.52. The van der Waals surface area contributed by atoms with Crippen LogP contribution >= 0.6 is 0 Å². The molecule has 1 atom stereocenters. The first-order chi connectivity index (χ1) is 13.5. The normalized spacial score (nSPS) is 17.0. The molecule has 1 aromatic heterocycles. The fourth-order valence-corrected chi connectivity index (χ4v) is 4.01. The highest BCUT2D eigenvalue weighted by Crippen LogP contribution is 2.39. The highest BCUT2D eigenvalue weighted by molar-refractivity contribution is 5.98. The molecule has 1 saturated heterocycles. The van der Waals surface area contributed by atoms with Gasteiger partial charge in [-0.2, -0.15) is 0 Å². The van der Waals surface area contributed by atoms with Crippen LogP contribution in [0.25, 0.3) is 11.0 Å². The minimum absolute atomic E-state index is 0.0261. The van der Waals surface area contributed by atoms with Crippen molar-refractivity contribution in [3.05, 3.63) is 48.3 Å². The van der Waals surface area contributed by atoms with Crippen LogP contribution in [-0.2, 0) is 4.79 Å². The molecular formula is C22H25N3O3. The molecule has 1 amide bonds.